The van der Waals surface area contributed by atoms with Crippen LogP contribution in [0.4, 0.5) is 14.9 Å². The number of alkyl carbamates (subject to hydrolysis) is 1. The molecule has 206 valence electrons. The third-order valence-electron chi connectivity index (χ3n) is 6.22. The summed E-state index contributed by atoms with van der Waals surface area (Å²) in [4.78, 5) is 14.2. The lowest BCUT2D eigenvalue weighted by molar-refractivity contribution is 0.0507. The van der Waals surface area contributed by atoms with Crippen molar-refractivity contribution in [3.8, 4) is 5.75 Å². The highest BCUT2D eigenvalue weighted by Crippen LogP contribution is 2.36. The number of ether oxygens (including phenoxy) is 2. The van der Waals surface area contributed by atoms with Crippen molar-refractivity contribution in [1.82, 2.24) is 10.3 Å². The molecular weight excluding hydrogens is 556 g/mol. The number of amides is 1. The van der Waals surface area contributed by atoms with E-state index in [9.17, 15) is 13.2 Å². The van der Waals surface area contributed by atoms with Gasteiger partial charge in [0.2, 0.25) is 0 Å². The Morgan fingerprint density at radius 3 is 2.50 bits per heavy atom. The Kier molecular flexibility index (Phi) is 8.34. The monoisotopic (exact) mass is 585 g/mol. The van der Waals surface area contributed by atoms with Gasteiger partial charge in [-0.15, -0.1) is 0 Å². The van der Waals surface area contributed by atoms with Gasteiger partial charge in [-0.2, -0.15) is 0 Å². The van der Waals surface area contributed by atoms with Gasteiger partial charge in [-0.25, -0.2) is 17.6 Å². The number of carbonyl (C=O) groups is 1. The number of rotatable bonds is 7. The topological polar surface area (TPSA) is 110 Å². The van der Waals surface area contributed by atoms with Crippen molar-refractivity contribution in [2.75, 3.05) is 11.3 Å². The van der Waals surface area contributed by atoms with Crippen molar-refractivity contribution in [3.05, 3.63) is 52.4 Å². The molecule has 1 aliphatic rings. The van der Waals surface area contributed by atoms with Crippen molar-refractivity contribution in [2.24, 2.45) is 5.92 Å². The number of carbonyl (C=O) groups excluding carboxylic acids is 1. The van der Waals surface area contributed by atoms with E-state index in [0.717, 1.165) is 12.8 Å². The Bertz CT molecular complexity index is 1430. The summed E-state index contributed by atoms with van der Waals surface area (Å²) in [7, 11) is -4.30. The summed E-state index contributed by atoms with van der Waals surface area (Å²) >= 11 is 12.3. The summed E-state index contributed by atoms with van der Waals surface area (Å²) in [6.07, 6.45) is 3.60. The van der Waals surface area contributed by atoms with Gasteiger partial charge < -0.3 is 19.8 Å². The van der Waals surface area contributed by atoms with Gasteiger partial charge in [0.25, 0.3) is 10.0 Å². The summed E-state index contributed by atoms with van der Waals surface area (Å²) in [5.41, 5.74) is 0.00514. The molecule has 8 nitrogen and oxygen atoms in total. The van der Waals surface area contributed by atoms with E-state index in [1.54, 1.807) is 20.8 Å². The fourth-order valence-electron chi connectivity index (χ4n) is 4.42. The van der Waals surface area contributed by atoms with Crippen LogP contribution in [0.5, 0.6) is 5.75 Å². The van der Waals surface area contributed by atoms with Gasteiger partial charge in [0.15, 0.2) is 11.6 Å². The molecule has 1 heterocycles. The number of anilines is 1. The molecule has 1 aliphatic carbocycles. The number of benzene rings is 2. The molecule has 0 spiro atoms. The number of H-pyrrole nitrogens is 1. The van der Waals surface area contributed by atoms with Gasteiger partial charge in [-0.3, -0.25) is 4.72 Å². The van der Waals surface area contributed by atoms with E-state index in [0.29, 0.717) is 40.3 Å². The Morgan fingerprint density at radius 1 is 1.11 bits per heavy atom. The number of aromatic amines is 1. The predicted octanol–water partition coefficient (Wildman–Crippen LogP) is 6.88. The first-order valence-corrected chi connectivity index (χ1v) is 14.5. The van der Waals surface area contributed by atoms with Gasteiger partial charge in [-0.1, -0.05) is 29.3 Å². The van der Waals surface area contributed by atoms with Crippen LogP contribution in [-0.2, 0) is 14.8 Å². The van der Waals surface area contributed by atoms with Crippen LogP contribution in [0.2, 0.25) is 10.0 Å². The maximum atomic E-state index is 15.4. The average Bonchev–Trinajstić information content (AvgIpc) is 3.23. The molecule has 0 bridgehead atoms. The average molecular weight is 587 g/mol. The Hall–Kier alpha value is -2.69. The first-order chi connectivity index (χ1) is 17.8. The van der Waals surface area contributed by atoms with Crippen molar-refractivity contribution >= 4 is 55.9 Å². The second kappa shape index (κ2) is 11.2. The van der Waals surface area contributed by atoms with E-state index >= 15 is 4.39 Å². The predicted molar refractivity (Wildman–Crippen MR) is 146 cm³/mol. The number of aromatic nitrogens is 1. The summed E-state index contributed by atoms with van der Waals surface area (Å²) in [6, 6.07) is 7.01. The molecule has 1 saturated carbocycles. The third-order valence-corrected chi connectivity index (χ3v) is 8.22. The normalized spacial score (nSPS) is 18.3. The fourth-order valence-corrected chi connectivity index (χ4v) is 6.14. The second-order valence-corrected chi connectivity index (χ2v) is 12.8. The molecular formula is C26H30Cl2FN3O5S. The van der Waals surface area contributed by atoms with Gasteiger partial charge in [-0.05, 0) is 76.6 Å². The first kappa shape index (κ1) is 28.3. The summed E-state index contributed by atoms with van der Waals surface area (Å²) in [5, 5.41) is 3.94. The molecule has 3 aromatic rings. The van der Waals surface area contributed by atoms with Crippen LogP contribution < -0.4 is 14.8 Å². The minimum absolute atomic E-state index is 0.132. The molecule has 0 saturated heterocycles. The molecule has 3 N–H and O–H groups in total. The minimum atomic E-state index is -4.30. The zero-order chi connectivity index (χ0) is 27.7. The molecule has 4 rings (SSSR count). The van der Waals surface area contributed by atoms with E-state index in [1.165, 1.54) is 36.5 Å². The number of sulfonamides is 1. The third kappa shape index (κ3) is 6.65. The molecule has 1 amide bonds. The largest absolute Gasteiger partial charge is 0.487 e. The van der Waals surface area contributed by atoms with Crippen molar-refractivity contribution < 1.29 is 27.1 Å². The lowest BCUT2D eigenvalue weighted by Crippen LogP contribution is -2.37. The number of halogens is 3. The van der Waals surface area contributed by atoms with E-state index in [4.69, 9.17) is 32.7 Å². The molecule has 0 radical (unpaired) electrons. The summed E-state index contributed by atoms with van der Waals surface area (Å²) < 4.78 is 55.2. The van der Waals surface area contributed by atoms with Crippen LogP contribution in [0.25, 0.3) is 10.9 Å². The highest BCUT2D eigenvalue weighted by molar-refractivity contribution is 7.92. The molecule has 1 aromatic heterocycles. The lowest BCUT2D eigenvalue weighted by atomic mass is 9.87. The number of nitrogens with one attached hydrogen (secondary N) is 3. The molecule has 2 aromatic carbocycles. The Balaban J connectivity index is 1.40. The SMILES string of the molecule is CC(C)(C)OC(=O)NCC1CCC(Oc2cccc(S(=O)(=O)Nc3ccc(Cl)c4c(Cl)c[nH]c34)c2F)CC1. The number of hydrogen-bond acceptors (Lipinski definition) is 5. The van der Waals surface area contributed by atoms with Crippen LogP contribution in [0.3, 0.4) is 0 Å². The molecule has 0 unspecified atom stereocenters. The lowest BCUT2D eigenvalue weighted by Gasteiger charge is -2.29. The van der Waals surface area contributed by atoms with Crippen molar-refractivity contribution in [3.63, 3.8) is 0 Å². The van der Waals surface area contributed by atoms with Gasteiger partial charge in [0.05, 0.1) is 27.4 Å². The van der Waals surface area contributed by atoms with Crippen LogP contribution in [0.1, 0.15) is 46.5 Å². The van der Waals surface area contributed by atoms with Crippen LogP contribution >= 0.6 is 23.2 Å². The fraction of sp³-hybridized carbons (Fsp3) is 0.423. The van der Waals surface area contributed by atoms with E-state index in [-0.39, 0.29) is 23.5 Å². The highest BCUT2D eigenvalue weighted by Gasteiger charge is 2.28. The zero-order valence-corrected chi connectivity index (χ0v) is 23.6. The van der Waals surface area contributed by atoms with Crippen molar-refractivity contribution in [1.29, 1.82) is 0 Å². The molecule has 12 heteroatoms. The maximum Gasteiger partial charge on any atom is 0.407 e. The summed E-state index contributed by atoms with van der Waals surface area (Å²) in [5.74, 6) is -0.850. The first-order valence-electron chi connectivity index (χ1n) is 12.2. The van der Waals surface area contributed by atoms with E-state index < -0.39 is 32.4 Å². The van der Waals surface area contributed by atoms with Gasteiger partial charge >= 0.3 is 6.09 Å². The van der Waals surface area contributed by atoms with Crippen LogP contribution in [-0.4, -0.2) is 37.7 Å². The Morgan fingerprint density at radius 2 is 1.82 bits per heavy atom. The molecule has 1 fully saturated rings. The standard InChI is InChI=1S/C26H30Cl2FN3O5S/c1-26(2,3)37-25(33)31-13-15-7-9-16(10-8-15)36-20-5-4-6-21(23(20)29)38(34,35)32-19-12-11-17(27)22-18(28)14-30-24(19)22/h4-6,11-12,14-16,30,32H,7-10,13H2,1-3H3,(H,31,33). The van der Waals surface area contributed by atoms with E-state index in [1.807, 2.05) is 0 Å². The smallest absolute Gasteiger partial charge is 0.407 e. The van der Waals surface area contributed by atoms with Gasteiger partial charge in [0.1, 0.15) is 10.5 Å². The quantitative estimate of drug-likeness (QED) is 0.280. The zero-order valence-electron chi connectivity index (χ0n) is 21.2. The summed E-state index contributed by atoms with van der Waals surface area (Å²) in [6.45, 7) is 5.90. The molecule has 0 aliphatic heterocycles. The van der Waals surface area contributed by atoms with Crippen molar-refractivity contribution in [2.45, 2.75) is 63.1 Å². The molecule has 38 heavy (non-hydrogen) atoms. The Labute approximate surface area is 231 Å². The minimum Gasteiger partial charge on any atom is -0.487 e. The van der Waals surface area contributed by atoms with Gasteiger partial charge in [0, 0.05) is 18.1 Å². The second-order valence-electron chi connectivity index (χ2n) is 10.3. The van der Waals surface area contributed by atoms with Crippen LogP contribution in [0.15, 0.2) is 41.4 Å². The molecule has 0 atom stereocenters. The number of hydrogen-bond donors (Lipinski definition) is 3. The van der Waals surface area contributed by atoms with Crippen LogP contribution in [0, 0.1) is 11.7 Å². The van der Waals surface area contributed by atoms with E-state index in [2.05, 4.69) is 15.0 Å². The highest BCUT2D eigenvalue weighted by atomic mass is 35.5. The maximum absolute atomic E-state index is 15.4. The number of fused-ring (bicyclic) bond motifs is 1.